The van der Waals surface area contributed by atoms with E-state index in [2.05, 4.69) is 4.98 Å². The Morgan fingerprint density at radius 2 is 1.85 bits per heavy atom. The Labute approximate surface area is 197 Å². The van der Waals surface area contributed by atoms with Crippen molar-refractivity contribution in [2.75, 3.05) is 50.5 Å². The second kappa shape index (κ2) is 11.6. The number of nitrogens with zero attached hydrogens (tertiary/aromatic N) is 3. The van der Waals surface area contributed by atoms with Crippen LogP contribution in [0.25, 0.3) is 0 Å². The van der Waals surface area contributed by atoms with Crippen molar-refractivity contribution in [2.24, 2.45) is 11.7 Å². The van der Waals surface area contributed by atoms with Crippen LogP contribution in [0.15, 0.2) is 39.9 Å². The van der Waals surface area contributed by atoms with Crippen LogP contribution in [0.2, 0.25) is 0 Å². The molecule has 2 amide bonds. The van der Waals surface area contributed by atoms with E-state index in [1.165, 1.54) is 9.47 Å². The van der Waals surface area contributed by atoms with E-state index < -0.39 is 11.2 Å². The normalized spacial score (nSPS) is 14.7. The van der Waals surface area contributed by atoms with Crippen LogP contribution < -0.4 is 27.6 Å². The number of carbonyl (C=O) groups is 2. The fourth-order valence-corrected chi connectivity index (χ4v) is 4.14. The van der Waals surface area contributed by atoms with Crippen molar-refractivity contribution in [1.82, 2.24) is 14.5 Å². The summed E-state index contributed by atoms with van der Waals surface area (Å²) in [6.45, 7) is 1.87. The third kappa shape index (κ3) is 6.12. The smallest absolute Gasteiger partial charge is 0.330 e. The maximum Gasteiger partial charge on any atom is 0.330 e. The molecule has 1 saturated heterocycles. The van der Waals surface area contributed by atoms with E-state index in [0.29, 0.717) is 39.0 Å². The largest absolute Gasteiger partial charge is 0.385 e. The number of primary amides is 1. The highest BCUT2D eigenvalue weighted by atomic mass is 16.5. The van der Waals surface area contributed by atoms with Crippen molar-refractivity contribution in [3.8, 4) is 0 Å². The fourth-order valence-electron chi connectivity index (χ4n) is 4.14. The van der Waals surface area contributed by atoms with Gasteiger partial charge in [-0.1, -0.05) is 30.3 Å². The topological polar surface area (TPSA) is 157 Å². The zero-order valence-electron chi connectivity index (χ0n) is 19.4. The molecule has 184 valence electrons. The standard InChI is InChI=1S/C23H32N6O5/c1-34-13-5-10-28(18(30)15-27-11-8-17(9-12-27)21(25)31)19-20(24)29(23(33)26-22(19)32)14-16-6-3-2-4-7-16/h2-4,6-7,17H,5,8-15,24H2,1H3,(H2,25,31)(H,26,32,33). The van der Waals surface area contributed by atoms with E-state index in [1.54, 1.807) is 7.11 Å². The molecule has 0 atom stereocenters. The van der Waals surface area contributed by atoms with Gasteiger partial charge >= 0.3 is 5.69 Å². The first-order chi connectivity index (χ1) is 16.3. The predicted octanol–water partition coefficient (Wildman–Crippen LogP) is -0.266. The summed E-state index contributed by atoms with van der Waals surface area (Å²) in [5.41, 5.74) is 11.1. The Bertz CT molecular complexity index is 1110. The van der Waals surface area contributed by atoms with Gasteiger partial charge in [-0.25, -0.2) is 4.79 Å². The second-order valence-electron chi connectivity index (χ2n) is 8.41. The third-order valence-corrected chi connectivity index (χ3v) is 6.05. The summed E-state index contributed by atoms with van der Waals surface area (Å²) in [6, 6.07) is 9.22. The van der Waals surface area contributed by atoms with E-state index >= 15 is 0 Å². The lowest BCUT2D eigenvalue weighted by atomic mass is 9.96. The molecule has 0 spiro atoms. The number of aromatic amines is 1. The molecule has 1 aromatic carbocycles. The van der Waals surface area contributed by atoms with Gasteiger partial charge in [0.25, 0.3) is 5.56 Å². The number of anilines is 2. The fraction of sp³-hybridized carbons (Fsp3) is 0.478. The number of nitrogens with one attached hydrogen (secondary N) is 1. The maximum atomic E-state index is 13.3. The number of H-pyrrole nitrogens is 1. The van der Waals surface area contributed by atoms with Gasteiger partial charge in [0.05, 0.1) is 13.1 Å². The summed E-state index contributed by atoms with van der Waals surface area (Å²) in [5, 5.41) is 0. The molecule has 0 unspecified atom stereocenters. The molecule has 3 rings (SSSR count). The van der Waals surface area contributed by atoms with Crippen molar-refractivity contribution < 1.29 is 14.3 Å². The van der Waals surface area contributed by atoms with Crippen molar-refractivity contribution in [2.45, 2.75) is 25.8 Å². The molecule has 1 aromatic heterocycles. The molecule has 1 aliphatic rings. The number of likely N-dealkylation sites (tertiary alicyclic amines) is 1. The van der Waals surface area contributed by atoms with Gasteiger partial charge in [-0.05, 0) is 37.9 Å². The summed E-state index contributed by atoms with van der Waals surface area (Å²) in [7, 11) is 1.55. The number of hydrogen-bond acceptors (Lipinski definition) is 7. The van der Waals surface area contributed by atoms with E-state index in [0.717, 1.165) is 5.56 Å². The van der Waals surface area contributed by atoms with Crippen LogP contribution in [-0.4, -0.2) is 66.2 Å². The quantitative estimate of drug-likeness (QED) is 0.402. The molecular weight excluding hydrogens is 440 g/mol. The van der Waals surface area contributed by atoms with Crippen molar-refractivity contribution in [1.29, 1.82) is 0 Å². The lowest BCUT2D eigenvalue weighted by Crippen LogP contribution is -2.48. The summed E-state index contributed by atoms with van der Waals surface area (Å²) in [5.74, 6) is -0.914. The number of ether oxygens (including phenoxy) is 1. The number of benzene rings is 1. The molecule has 11 nitrogen and oxygen atoms in total. The second-order valence-corrected chi connectivity index (χ2v) is 8.41. The number of rotatable bonds is 10. The Balaban J connectivity index is 1.88. The van der Waals surface area contributed by atoms with Gasteiger partial charge in [-0.15, -0.1) is 0 Å². The van der Waals surface area contributed by atoms with E-state index in [-0.39, 0.29) is 48.9 Å². The molecule has 0 radical (unpaired) electrons. The van der Waals surface area contributed by atoms with Crippen LogP contribution >= 0.6 is 0 Å². The van der Waals surface area contributed by atoms with Gasteiger partial charge in [-0.2, -0.15) is 0 Å². The summed E-state index contributed by atoms with van der Waals surface area (Å²) in [6.07, 6.45) is 1.64. The zero-order valence-corrected chi connectivity index (χ0v) is 19.4. The van der Waals surface area contributed by atoms with Crippen LogP contribution in [0.5, 0.6) is 0 Å². The van der Waals surface area contributed by atoms with Crippen molar-refractivity contribution >= 4 is 23.3 Å². The maximum absolute atomic E-state index is 13.3. The molecule has 0 saturated carbocycles. The molecule has 0 bridgehead atoms. The number of hydrogen-bond donors (Lipinski definition) is 3. The highest BCUT2D eigenvalue weighted by molar-refractivity contribution is 5.96. The van der Waals surface area contributed by atoms with Crippen LogP contribution in [0.4, 0.5) is 11.5 Å². The molecule has 11 heteroatoms. The average molecular weight is 473 g/mol. The lowest BCUT2D eigenvalue weighted by molar-refractivity contribution is -0.123. The van der Waals surface area contributed by atoms with Crippen LogP contribution in [0.3, 0.4) is 0 Å². The van der Waals surface area contributed by atoms with Gasteiger partial charge in [0.15, 0.2) is 5.69 Å². The number of methoxy groups -OCH3 is 1. The van der Waals surface area contributed by atoms with E-state index in [1.807, 2.05) is 35.2 Å². The molecule has 1 aliphatic heterocycles. The lowest BCUT2D eigenvalue weighted by Gasteiger charge is -2.32. The first-order valence-electron chi connectivity index (χ1n) is 11.3. The Hall–Kier alpha value is -3.44. The Morgan fingerprint density at radius 1 is 1.18 bits per heavy atom. The summed E-state index contributed by atoms with van der Waals surface area (Å²) in [4.78, 5) is 55.7. The Morgan fingerprint density at radius 3 is 2.47 bits per heavy atom. The van der Waals surface area contributed by atoms with E-state index in [9.17, 15) is 19.2 Å². The first-order valence-corrected chi connectivity index (χ1v) is 11.3. The minimum Gasteiger partial charge on any atom is -0.385 e. The number of amides is 2. The number of piperidine rings is 1. The van der Waals surface area contributed by atoms with Crippen LogP contribution in [-0.2, 0) is 20.9 Å². The van der Waals surface area contributed by atoms with Crippen molar-refractivity contribution in [3.63, 3.8) is 0 Å². The molecule has 34 heavy (non-hydrogen) atoms. The van der Waals surface area contributed by atoms with Gasteiger partial charge in [0.1, 0.15) is 5.82 Å². The summed E-state index contributed by atoms with van der Waals surface area (Å²) >= 11 is 0. The van der Waals surface area contributed by atoms with Gasteiger partial charge in [0, 0.05) is 26.2 Å². The van der Waals surface area contributed by atoms with Gasteiger partial charge < -0.3 is 21.1 Å². The molecule has 0 aliphatic carbocycles. The minimum atomic E-state index is -0.718. The molecule has 1 fully saturated rings. The first kappa shape index (κ1) is 25.2. The zero-order chi connectivity index (χ0) is 24.7. The third-order valence-electron chi connectivity index (χ3n) is 6.05. The SMILES string of the molecule is COCCCN(C(=O)CN1CCC(C(N)=O)CC1)c1c(N)n(Cc2ccccc2)c(=O)[nH]c1=O. The monoisotopic (exact) mass is 472 g/mol. The highest BCUT2D eigenvalue weighted by Gasteiger charge is 2.28. The Kier molecular flexibility index (Phi) is 8.61. The molecule has 2 heterocycles. The molecule has 2 aromatic rings. The number of aromatic nitrogens is 2. The minimum absolute atomic E-state index is 0.0507. The number of carbonyl (C=O) groups excluding carboxylic acids is 2. The average Bonchev–Trinajstić information content (AvgIpc) is 2.81. The number of nitrogens with two attached hydrogens (primary N) is 2. The molecular formula is C23H32N6O5. The van der Waals surface area contributed by atoms with Gasteiger partial charge in [0.2, 0.25) is 11.8 Å². The van der Waals surface area contributed by atoms with E-state index in [4.69, 9.17) is 16.2 Å². The van der Waals surface area contributed by atoms with Crippen LogP contribution in [0, 0.1) is 5.92 Å². The summed E-state index contributed by atoms with van der Waals surface area (Å²) < 4.78 is 6.36. The van der Waals surface area contributed by atoms with Crippen molar-refractivity contribution in [3.05, 3.63) is 56.7 Å². The highest BCUT2D eigenvalue weighted by Crippen LogP contribution is 2.21. The molecule has 5 N–H and O–H groups in total. The predicted molar refractivity (Wildman–Crippen MR) is 128 cm³/mol. The number of nitrogen functional groups attached to an aromatic ring is 1. The van der Waals surface area contributed by atoms with Crippen LogP contribution in [0.1, 0.15) is 24.8 Å². The van der Waals surface area contributed by atoms with Gasteiger partial charge in [-0.3, -0.25) is 28.8 Å².